The number of benzene rings is 3. The van der Waals surface area contributed by atoms with Gasteiger partial charge >= 0.3 is 0 Å². The van der Waals surface area contributed by atoms with Gasteiger partial charge in [0.2, 0.25) is 11.8 Å². The molecule has 5 nitrogen and oxygen atoms in total. The number of nitrogens with zero attached hydrogens (tertiary/aromatic N) is 2. The van der Waals surface area contributed by atoms with Crippen molar-refractivity contribution < 1.29 is 9.59 Å². The van der Waals surface area contributed by atoms with E-state index in [1.807, 2.05) is 79.7 Å². The quantitative estimate of drug-likeness (QED) is 0.546. The van der Waals surface area contributed by atoms with Crippen LogP contribution >= 0.6 is 11.8 Å². The van der Waals surface area contributed by atoms with Crippen molar-refractivity contribution in [3.05, 3.63) is 96.1 Å². The van der Waals surface area contributed by atoms with E-state index in [4.69, 9.17) is 4.99 Å². The van der Waals surface area contributed by atoms with Gasteiger partial charge in [0.15, 0.2) is 5.17 Å². The zero-order valence-electron chi connectivity index (χ0n) is 17.9. The first-order valence-electron chi connectivity index (χ1n) is 10.6. The van der Waals surface area contributed by atoms with Crippen LogP contribution in [-0.4, -0.2) is 33.7 Å². The van der Waals surface area contributed by atoms with E-state index in [2.05, 4.69) is 17.4 Å². The van der Waals surface area contributed by atoms with E-state index < -0.39 is 5.25 Å². The maximum absolute atomic E-state index is 13.2. The van der Waals surface area contributed by atoms with E-state index >= 15 is 0 Å². The number of amidine groups is 1. The van der Waals surface area contributed by atoms with E-state index in [-0.39, 0.29) is 18.2 Å². The van der Waals surface area contributed by atoms with Crippen molar-refractivity contribution >= 4 is 40.1 Å². The first kappa shape index (κ1) is 21.8. The molecule has 0 aromatic heterocycles. The molecule has 0 spiro atoms. The number of thioether (sulfide) groups is 1. The molecule has 2 amide bonds. The number of rotatable bonds is 7. The Bertz CT molecular complexity index is 1120. The average Bonchev–Trinajstić information content (AvgIpc) is 3.07. The van der Waals surface area contributed by atoms with Crippen LogP contribution in [-0.2, 0) is 16.0 Å². The van der Waals surface area contributed by atoms with Gasteiger partial charge in [-0.15, -0.1) is 0 Å². The third kappa shape index (κ3) is 5.65. The van der Waals surface area contributed by atoms with E-state index in [0.29, 0.717) is 11.7 Å². The first-order chi connectivity index (χ1) is 15.6. The Morgan fingerprint density at radius 3 is 2.44 bits per heavy atom. The fourth-order valence-electron chi connectivity index (χ4n) is 3.53. The second kappa shape index (κ2) is 10.3. The van der Waals surface area contributed by atoms with Gasteiger partial charge in [-0.05, 0) is 48.7 Å². The minimum atomic E-state index is -0.488. The highest BCUT2D eigenvalue weighted by molar-refractivity contribution is 8.15. The largest absolute Gasteiger partial charge is 0.326 e. The molecule has 4 rings (SSSR count). The lowest BCUT2D eigenvalue weighted by Crippen LogP contribution is -2.35. The fraction of sp³-hybridized carbons (Fsp3) is 0.192. The lowest BCUT2D eigenvalue weighted by atomic mass is 10.1. The summed E-state index contributed by atoms with van der Waals surface area (Å²) in [6.07, 6.45) is 0.830. The average molecular weight is 444 g/mol. The topological polar surface area (TPSA) is 61.8 Å². The van der Waals surface area contributed by atoms with Crippen molar-refractivity contribution in [2.75, 3.05) is 11.9 Å². The summed E-state index contributed by atoms with van der Waals surface area (Å²) < 4.78 is 0. The van der Waals surface area contributed by atoms with Crippen molar-refractivity contribution in [1.82, 2.24) is 4.90 Å². The summed E-state index contributed by atoms with van der Waals surface area (Å²) >= 11 is 1.36. The Morgan fingerprint density at radius 1 is 1.00 bits per heavy atom. The lowest BCUT2D eigenvalue weighted by molar-refractivity contribution is -0.128. The number of aliphatic imine (C=N–C) groups is 1. The minimum Gasteiger partial charge on any atom is -0.326 e. The minimum absolute atomic E-state index is 0.0694. The number of hydrogen-bond acceptors (Lipinski definition) is 4. The predicted octanol–water partition coefficient (Wildman–Crippen LogP) is 5.20. The fourth-order valence-corrected chi connectivity index (χ4v) is 4.72. The van der Waals surface area contributed by atoms with Gasteiger partial charge in [-0.1, -0.05) is 72.4 Å². The molecule has 6 heteroatoms. The molecule has 32 heavy (non-hydrogen) atoms. The van der Waals surface area contributed by atoms with Crippen molar-refractivity contribution in [2.45, 2.75) is 25.0 Å². The number of para-hydroxylation sites is 1. The number of amides is 2. The number of nitrogens with one attached hydrogen (secondary N) is 1. The smallest absolute Gasteiger partial charge is 0.242 e. The predicted molar refractivity (Wildman–Crippen MR) is 131 cm³/mol. The summed E-state index contributed by atoms with van der Waals surface area (Å²) in [5.41, 5.74) is 3.76. The van der Waals surface area contributed by atoms with Crippen LogP contribution in [0.15, 0.2) is 89.9 Å². The molecule has 1 heterocycles. The molecule has 1 fully saturated rings. The van der Waals surface area contributed by atoms with Gasteiger partial charge in [-0.25, -0.2) is 4.99 Å². The molecule has 1 aliphatic heterocycles. The molecular weight excluding hydrogens is 418 g/mol. The number of carbonyl (C=O) groups excluding carboxylic acids is 2. The number of hydrogen-bond donors (Lipinski definition) is 1. The second-order valence-corrected chi connectivity index (χ2v) is 8.85. The number of anilines is 1. The van der Waals surface area contributed by atoms with Gasteiger partial charge in [-0.2, -0.15) is 0 Å². The van der Waals surface area contributed by atoms with Crippen LogP contribution in [0.1, 0.15) is 17.5 Å². The zero-order chi connectivity index (χ0) is 22.3. The van der Waals surface area contributed by atoms with Gasteiger partial charge in [0.25, 0.3) is 0 Å². The van der Waals surface area contributed by atoms with Crippen molar-refractivity contribution in [3.8, 4) is 0 Å². The summed E-state index contributed by atoms with van der Waals surface area (Å²) in [6.45, 7) is 2.50. The van der Waals surface area contributed by atoms with Crippen LogP contribution in [0.3, 0.4) is 0 Å². The highest BCUT2D eigenvalue weighted by atomic mass is 32.2. The van der Waals surface area contributed by atoms with E-state index in [1.165, 1.54) is 11.8 Å². The van der Waals surface area contributed by atoms with Crippen LogP contribution in [0, 0.1) is 6.92 Å². The number of carbonyl (C=O) groups is 2. The lowest BCUT2D eigenvalue weighted by Gasteiger charge is -2.16. The molecule has 0 unspecified atom stereocenters. The van der Waals surface area contributed by atoms with Crippen molar-refractivity contribution in [1.29, 1.82) is 0 Å². The van der Waals surface area contributed by atoms with Crippen molar-refractivity contribution in [3.63, 3.8) is 0 Å². The van der Waals surface area contributed by atoms with Gasteiger partial charge in [0.1, 0.15) is 5.25 Å². The maximum Gasteiger partial charge on any atom is 0.242 e. The molecule has 1 saturated heterocycles. The first-order valence-corrected chi connectivity index (χ1v) is 11.5. The molecule has 1 N–H and O–H groups in total. The van der Waals surface area contributed by atoms with Crippen LogP contribution < -0.4 is 5.32 Å². The highest BCUT2D eigenvalue weighted by Gasteiger charge is 2.39. The molecule has 3 aromatic carbocycles. The Balaban J connectivity index is 1.49. The third-order valence-corrected chi connectivity index (χ3v) is 6.32. The SMILES string of the molecule is Cc1cccc(NC(=O)C[C@H]2SC(=Nc3ccccc3)N(CCc3ccccc3)C2=O)c1. The Hall–Kier alpha value is -3.38. The summed E-state index contributed by atoms with van der Waals surface area (Å²) in [4.78, 5) is 32.3. The molecule has 3 aromatic rings. The normalized spacial score (nSPS) is 17.0. The molecule has 0 saturated carbocycles. The van der Waals surface area contributed by atoms with Gasteiger partial charge in [0.05, 0.1) is 5.69 Å². The van der Waals surface area contributed by atoms with E-state index in [0.717, 1.165) is 28.9 Å². The molecule has 0 aliphatic carbocycles. The summed E-state index contributed by atoms with van der Waals surface area (Å²) in [6, 6.07) is 27.3. The number of aryl methyl sites for hydroxylation is 1. The van der Waals surface area contributed by atoms with Gasteiger partial charge < -0.3 is 5.32 Å². The zero-order valence-corrected chi connectivity index (χ0v) is 18.7. The maximum atomic E-state index is 13.2. The highest BCUT2D eigenvalue weighted by Crippen LogP contribution is 2.32. The van der Waals surface area contributed by atoms with Gasteiger partial charge in [0, 0.05) is 18.7 Å². The van der Waals surface area contributed by atoms with Gasteiger partial charge in [-0.3, -0.25) is 14.5 Å². The Labute approximate surface area is 192 Å². The molecule has 0 bridgehead atoms. The summed E-state index contributed by atoms with van der Waals surface area (Å²) in [5.74, 6) is -0.245. The third-order valence-electron chi connectivity index (χ3n) is 5.14. The summed E-state index contributed by atoms with van der Waals surface area (Å²) in [7, 11) is 0. The van der Waals surface area contributed by atoms with Crippen molar-refractivity contribution in [2.24, 2.45) is 4.99 Å². The van der Waals surface area contributed by atoms with Crippen LogP contribution in [0.25, 0.3) is 0 Å². The van der Waals surface area contributed by atoms with E-state index in [9.17, 15) is 9.59 Å². The molecule has 162 valence electrons. The second-order valence-electron chi connectivity index (χ2n) is 7.68. The summed E-state index contributed by atoms with van der Waals surface area (Å²) in [5, 5.41) is 3.06. The van der Waals surface area contributed by atoms with Crippen LogP contribution in [0.4, 0.5) is 11.4 Å². The van der Waals surface area contributed by atoms with Crippen LogP contribution in [0.5, 0.6) is 0 Å². The van der Waals surface area contributed by atoms with E-state index in [1.54, 1.807) is 4.90 Å². The monoisotopic (exact) mass is 443 g/mol. The Kier molecular flexibility index (Phi) is 7.02. The molecule has 1 aliphatic rings. The van der Waals surface area contributed by atoms with Crippen LogP contribution in [0.2, 0.25) is 0 Å². The molecular formula is C26H25N3O2S. The standard InChI is InChI=1S/C26H25N3O2S/c1-19-9-8-14-22(17-19)27-24(30)18-23-25(31)29(16-15-20-10-4-2-5-11-20)26(32-23)28-21-12-6-3-7-13-21/h2-14,17,23H,15-16,18H2,1H3,(H,27,30)/t23-/m1/s1. The molecule has 1 atom stereocenters. The molecule has 0 radical (unpaired) electrons. The Morgan fingerprint density at radius 2 is 1.72 bits per heavy atom.